The van der Waals surface area contributed by atoms with Crippen LogP contribution >= 0.6 is 0 Å². The average Bonchev–Trinajstić information content (AvgIpc) is 3.10. The number of esters is 1. The second kappa shape index (κ2) is 23.4. The number of hydrogen-bond donors (Lipinski definition) is 3. The topological polar surface area (TPSA) is 109 Å². The molecule has 1 aliphatic heterocycles. The van der Waals surface area contributed by atoms with Crippen LogP contribution in [-0.4, -0.2) is 60.9 Å². The van der Waals surface area contributed by atoms with Crippen LogP contribution in [0.2, 0.25) is 0 Å². The quantitative estimate of drug-likeness (QED) is 0.0806. The minimum Gasteiger partial charge on any atom is -0.465 e. The van der Waals surface area contributed by atoms with Crippen molar-refractivity contribution >= 4 is 17.7 Å². The van der Waals surface area contributed by atoms with Crippen molar-refractivity contribution in [3.63, 3.8) is 0 Å². The molecule has 9 heteroatoms. The van der Waals surface area contributed by atoms with Gasteiger partial charge in [-0.05, 0) is 56.1 Å². The van der Waals surface area contributed by atoms with E-state index in [9.17, 15) is 14.7 Å². The first-order chi connectivity index (χ1) is 23.4. The lowest BCUT2D eigenvalue weighted by Crippen LogP contribution is -2.40. The molecule has 0 unspecified atom stereocenters. The summed E-state index contributed by atoms with van der Waals surface area (Å²) in [6.07, 6.45) is 15.4. The van der Waals surface area contributed by atoms with Gasteiger partial charge in [-0.3, -0.25) is 4.79 Å². The Kier molecular flexibility index (Phi) is 19.2. The van der Waals surface area contributed by atoms with E-state index in [2.05, 4.69) is 29.4 Å². The number of aliphatic hydroxyl groups excluding tert-OH is 1. The van der Waals surface area contributed by atoms with Crippen molar-refractivity contribution in [1.82, 2.24) is 10.2 Å². The van der Waals surface area contributed by atoms with Gasteiger partial charge in [0.2, 0.25) is 0 Å². The maximum atomic E-state index is 12.3. The lowest BCUT2D eigenvalue weighted by molar-refractivity contribution is -0.253. The SMILES string of the molecule is CCCCCCCCN(CCCCCCCC)C[C@@H]1C[C@H](c2ccc(CO)cc2)O[C@H](c2ccc(NC(=O)NCC(=O)OCC)cc2)O1. The number of urea groups is 1. The first-order valence-electron chi connectivity index (χ1n) is 18.5. The van der Waals surface area contributed by atoms with Gasteiger partial charge in [-0.25, -0.2) is 4.79 Å². The summed E-state index contributed by atoms with van der Waals surface area (Å²) in [6, 6.07) is 14.9. The number of nitrogens with one attached hydrogen (secondary N) is 2. The van der Waals surface area contributed by atoms with Gasteiger partial charge >= 0.3 is 12.0 Å². The fourth-order valence-electron chi connectivity index (χ4n) is 6.11. The van der Waals surface area contributed by atoms with Crippen molar-refractivity contribution in [2.24, 2.45) is 0 Å². The molecular formula is C39H61N3O6. The highest BCUT2D eigenvalue weighted by atomic mass is 16.7. The molecule has 1 fully saturated rings. The van der Waals surface area contributed by atoms with E-state index in [1.54, 1.807) is 6.92 Å². The zero-order valence-corrected chi connectivity index (χ0v) is 29.7. The molecule has 1 saturated heterocycles. The smallest absolute Gasteiger partial charge is 0.325 e. The Balaban J connectivity index is 1.69. The van der Waals surface area contributed by atoms with Crippen molar-refractivity contribution in [3.8, 4) is 0 Å². The van der Waals surface area contributed by atoms with Crippen LogP contribution in [-0.2, 0) is 25.6 Å². The summed E-state index contributed by atoms with van der Waals surface area (Å²) >= 11 is 0. The lowest BCUT2D eigenvalue weighted by atomic mass is 9.99. The Hall–Kier alpha value is -2.98. The fourth-order valence-corrected chi connectivity index (χ4v) is 6.11. The molecule has 1 aliphatic rings. The van der Waals surface area contributed by atoms with E-state index < -0.39 is 18.3 Å². The zero-order valence-electron chi connectivity index (χ0n) is 29.7. The molecule has 0 aliphatic carbocycles. The summed E-state index contributed by atoms with van der Waals surface area (Å²) in [6.45, 7) is 9.35. The van der Waals surface area contributed by atoms with Crippen LogP contribution in [0.5, 0.6) is 0 Å². The van der Waals surface area contributed by atoms with Crippen molar-refractivity contribution < 1.29 is 28.9 Å². The molecule has 3 rings (SSSR count). The first kappa shape index (κ1) is 39.5. The standard InChI is InChI=1S/C39H61N3O6/c1-4-7-9-11-13-15-25-42(26-16-14-12-10-8-5-2)29-35-27-36(32-19-17-31(30-43)18-20-32)48-38(47-35)33-21-23-34(24-22-33)41-39(45)40-28-37(44)46-6-3/h17-24,35-36,38,43H,4-16,25-30H2,1-3H3,(H2,40,41,45)/t35-,36+,38+/m0/s1. The van der Waals surface area contributed by atoms with E-state index in [-0.39, 0.29) is 32.0 Å². The van der Waals surface area contributed by atoms with Crippen LogP contribution in [0.15, 0.2) is 48.5 Å². The molecular weight excluding hydrogens is 606 g/mol. The van der Waals surface area contributed by atoms with Gasteiger partial charge in [0.05, 0.1) is 25.4 Å². The Labute approximate surface area is 289 Å². The number of nitrogens with zero attached hydrogens (tertiary/aromatic N) is 1. The summed E-state index contributed by atoms with van der Waals surface area (Å²) in [7, 11) is 0. The predicted molar refractivity (Wildman–Crippen MR) is 192 cm³/mol. The van der Waals surface area contributed by atoms with E-state index in [0.29, 0.717) is 5.69 Å². The van der Waals surface area contributed by atoms with E-state index in [4.69, 9.17) is 14.2 Å². The van der Waals surface area contributed by atoms with E-state index in [1.807, 2.05) is 48.5 Å². The molecule has 0 bridgehead atoms. The van der Waals surface area contributed by atoms with Crippen LogP contribution in [0.25, 0.3) is 0 Å². The number of ether oxygens (including phenoxy) is 3. The van der Waals surface area contributed by atoms with E-state index in [1.165, 1.54) is 77.0 Å². The van der Waals surface area contributed by atoms with Crippen molar-refractivity contribution in [1.29, 1.82) is 0 Å². The highest BCUT2D eigenvalue weighted by molar-refractivity contribution is 5.91. The van der Waals surface area contributed by atoms with Gasteiger partial charge in [-0.2, -0.15) is 0 Å². The lowest BCUT2D eigenvalue weighted by Gasteiger charge is -2.38. The molecule has 3 N–H and O–H groups in total. The maximum Gasteiger partial charge on any atom is 0.325 e. The Morgan fingerprint density at radius 2 is 1.38 bits per heavy atom. The van der Waals surface area contributed by atoms with Gasteiger partial charge in [0, 0.05) is 24.2 Å². The summed E-state index contributed by atoms with van der Waals surface area (Å²) in [4.78, 5) is 26.5. The molecule has 48 heavy (non-hydrogen) atoms. The van der Waals surface area contributed by atoms with Crippen LogP contribution in [0, 0.1) is 0 Å². The third-order valence-corrected chi connectivity index (χ3v) is 8.87. The number of hydrogen-bond acceptors (Lipinski definition) is 7. The summed E-state index contributed by atoms with van der Waals surface area (Å²) in [5, 5.41) is 14.8. The molecule has 9 nitrogen and oxygen atoms in total. The van der Waals surface area contributed by atoms with Gasteiger partial charge in [0.25, 0.3) is 0 Å². The summed E-state index contributed by atoms with van der Waals surface area (Å²) in [5.41, 5.74) is 3.40. The second-order valence-corrected chi connectivity index (χ2v) is 12.9. The number of carbonyl (C=O) groups excluding carboxylic acids is 2. The number of benzene rings is 2. The molecule has 0 radical (unpaired) electrons. The molecule has 2 aromatic rings. The van der Waals surface area contributed by atoms with Crippen molar-refractivity contribution in [3.05, 3.63) is 65.2 Å². The van der Waals surface area contributed by atoms with Crippen LogP contribution in [0.3, 0.4) is 0 Å². The summed E-state index contributed by atoms with van der Waals surface area (Å²) in [5.74, 6) is -0.484. The predicted octanol–water partition coefficient (Wildman–Crippen LogP) is 8.43. The number of amides is 2. The number of unbranched alkanes of at least 4 members (excludes halogenated alkanes) is 10. The van der Waals surface area contributed by atoms with Crippen LogP contribution in [0.4, 0.5) is 10.5 Å². The largest absolute Gasteiger partial charge is 0.465 e. The average molecular weight is 668 g/mol. The van der Waals surface area contributed by atoms with Crippen molar-refractivity contribution in [2.45, 2.75) is 129 Å². The van der Waals surface area contributed by atoms with Gasteiger partial charge < -0.3 is 34.9 Å². The van der Waals surface area contributed by atoms with Gasteiger partial charge in [-0.15, -0.1) is 0 Å². The highest BCUT2D eigenvalue weighted by Gasteiger charge is 2.33. The maximum absolute atomic E-state index is 12.3. The molecule has 1 heterocycles. The second-order valence-electron chi connectivity index (χ2n) is 12.9. The van der Waals surface area contributed by atoms with Gasteiger partial charge in [0.1, 0.15) is 6.54 Å². The Morgan fingerprint density at radius 3 is 1.96 bits per heavy atom. The molecule has 268 valence electrons. The van der Waals surface area contributed by atoms with Crippen LogP contribution < -0.4 is 10.6 Å². The van der Waals surface area contributed by atoms with Gasteiger partial charge in [-0.1, -0.05) is 114 Å². The number of carbonyl (C=O) groups is 2. The third kappa shape index (κ3) is 15.1. The number of aliphatic hydroxyl groups is 1. The highest BCUT2D eigenvalue weighted by Crippen LogP contribution is 2.38. The number of anilines is 1. The van der Waals surface area contributed by atoms with Crippen molar-refractivity contribution in [2.75, 3.05) is 38.1 Å². The van der Waals surface area contributed by atoms with E-state index >= 15 is 0 Å². The molecule has 0 aromatic heterocycles. The fraction of sp³-hybridized carbons (Fsp3) is 0.641. The molecule has 2 amide bonds. The first-order valence-corrected chi connectivity index (χ1v) is 18.5. The normalized spacial score (nSPS) is 17.7. The third-order valence-electron chi connectivity index (χ3n) is 8.87. The Morgan fingerprint density at radius 1 is 0.792 bits per heavy atom. The minimum atomic E-state index is -0.567. The molecule has 2 aromatic carbocycles. The monoisotopic (exact) mass is 667 g/mol. The molecule has 0 saturated carbocycles. The zero-order chi connectivity index (χ0) is 34.4. The molecule has 0 spiro atoms. The van der Waals surface area contributed by atoms with Gasteiger partial charge in [0.15, 0.2) is 6.29 Å². The van der Waals surface area contributed by atoms with E-state index in [0.717, 1.165) is 42.7 Å². The minimum absolute atomic E-state index is 0.00719. The summed E-state index contributed by atoms with van der Waals surface area (Å²) < 4.78 is 18.1. The number of rotatable bonds is 23. The van der Waals surface area contributed by atoms with Crippen LogP contribution in [0.1, 0.15) is 133 Å². The molecule has 3 atom stereocenters. The Bertz CT molecular complexity index is 1140.